The van der Waals surface area contributed by atoms with Gasteiger partial charge in [0.2, 0.25) is 5.91 Å². The van der Waals surface area contributed by atoms with Crippen LogP contribution in [0, 0.1) is 0 Å². The summed E-state index contributed by atoms with van der Waals surface area (Å²) in [5, 5.41) is 2.74. The van der Waals surface area contributed by atoms with Gasteiger partial charge in [-0.3, -0.25) is 4.79 Å². The first-order valence-electron chi connectivity index (χ1n) is 7.80. The number of methoxy groups -OCH3 is 1. The molecule has 0 aliphatic carbocycles. The van der Waals surface area contributed by atoms with E-state index in [0.29, 0.717) is 30.2 Å². The van der Waals surface area contributed by atoms with Gasteiger partial charge in [0, 0.05) is 18.6 Å². The molecule has 0 atom stereocenters. The monoisotopic (exact) mass is 355 g/mol. The molecule has 6 nitrogen and oxygen atoms in total. The Morgan fingerprint density at radius 1 is 1.17 bits per heavy atom. The summed E-state index contributed by atoms with van der Waals surface area (Å²) in [6.45, 7) is 5.35. The summed E-state index contributed by atoms with van der Waals surface area (Å²) >= 11 is 1.30. The average Bonchev–Trinajstić information content (AvgIpc) is 2.57. The van der Waals surface area contributed by atoms with E-state index < -0.39 is 5.97 Å². The van der Waals surface area contributed by atoms with Crippen LogP contribution in [0.2, 0.25) is 0 Å². The van der Waals surface area contributed by atoms with E-state index in [2.05, 4.69) is 5.32 Å². The lowest BCUT2D eigenvalue weighted by Crippen LogP contribution is -2.28. The lowest BCUT2D eigenvalue weighted by molar-refractivity contribution is -0.118. The van der Waals surface area contributed by atoms with Gasteiger partial charge in [-0.1, -0.05) is 12.1 Å². The number of thioether (sulfide) groups is 1. The highest BCUT2D eigenvalue weighted by molar-refractivity contribution is 8.00. The molecule has 1 N–H and O–H groups in total. The summed E-state index contributed by atoms with van der Waals surface area (Å²) in [5.74, 6) is -0.291. The second kappa shape index (κ2) is 11.9. The molecule has 0 bridgehead atoms. The Balaban J connectivity index is 2.48. The van der Waals surface area contributed by atoms with Crippen molar-refractivity contribution in [1.29, 1.82) is 0 Å². The van der Waals surface area contributed by atoms with Gasteiger partial charge in [0.1, 0.15) is 6.61 Å². The van der Waals surface area contributed by atoms with E-state index in [1.807, 2.05) is 19.9 Å². The van der Waals surface area contributed by atoms with Crippen LogP contribution in [0.25, 0.3) is 0 Å². The Hall–Kier alpha value is -1.57. The lowest BCUT2D eigenvalue weighted by Gasteiger charge is -2.11. The average molecular weight is 355 g/mol. The summed E-state index contributed by atoms with van der Waals surface area (Å²) in [6.07, 6.45) is 0.100. The van der Waals surface area contributed by atoms with Gasteiger partial charge in [-0.25, -0.2) is 4.79 Å². The van der Waals surface area contributed by atoms with Crippen molar-refractivity contribution in [3.8, 4) is 0 Å². The molecule has 0 heterocycles. The fourth-order valence-electron chi connectivity index (χ4n) is 1.74. The summed E-state index contributed by atoms with van der Waals surface area (Å²) in [6, 6.07) is 7.08. The number of benzene rings is 1. The highest BCUT2D eigenvalue weighted by Crippen LogP contribution is 2.23. The molecule has 24 heavy (non-hydrogen) atoms. The van der Waals surface area contributed by atoms with Crippen molar-refractivity contribution in [2.75, 3.05) is 39.2 Å². The quantitative estimate of drug-likeness (QED) is 0.372. The fraction of sp³-hybridized carbons (Fsp3) is 0.529. The van der Waals surface area contributed by atoms with Crippen LogP contribution in [0.5, 0.6) is 0 Å². The van der Waals surface area contributed by atoms with E-state index in [0.717, 1.165) is 0 Å². The molecule has 1 amide bonds. The number of carbonyl (C=O) groups is 2. The maximum Gasteiger partial charge on any atom is 0.339 e. The van der Waals surface area contributed by atoms with Crippen LogP contribution in [0.15, 0.2) is 29.2 Å². The zero-order chi connectivity index (χ0) is 17.8. The zero-order valence-electron chi connectivity index (χ0n) is 14.4. The molecule has 0 radical (unpaired) electrons. The number of nitrogens with one attached hydrogen (secondary N) is 1. The highest BCUT2D eigenvalue weighted by Gasteiger charge is 2.14. The van der Waals surface area contributed by atoms with Gasteiger partial charge in [-0.2, -0.15) is 0 Å². The fourth-order valence-corrected chi connectivity index (χ4v) is 2.61. The predicted molar refractivity (Wildman–Crippen MR) is 93.4 cm³/mol. The molecular formula is C17H25NO5S. The third-order valence-electron chi connectivity index (χ3n) is 2.86. The number of esters is 1. The number of ether oxygens (including phenoxy) is 3. The van der Waals surface area contributed by atoms with Crippen LogP contribution < -0.4 is 5.32 Å². The summed E-state index contributed by atoms with van der Waals surface area (Å²) in [5.41, 5.74) is 0.455. The molecule has 0 fully saturated rings. The summed E-state index contributed by atoms with van der Waals surface area (Å²) in [7, 11) is 1.58. The van der Waals surface area contributed by atoms with Crippen LogP contribution in [0.3, 0.4) is 0 Å². The Bertz CT molecular complexity index is 521. The normalized spacial score (nSPS) is 10.7. The van der Waals surface area contributed by atoms with Gasteiger partial charge in [0.25, 0.3) is 0 Å². The molecule has 0 aromatic heterocycles. The number of hydrogen-bond donors (Lipinski definition) is 1. The van der Waals surface area contributed by atoms with Crippen molar-refractivity contribution >= 4 is 23.6 Å². The second-order valence-electron chi connectivity index (χ2n) is 5.18. The van der Waals surface area contributed by atoms with Crippen LogP contribution >= 0.6 is 11.8 Å². The van der Waals surface area contributed by atoms with Crippen LogP contribution in [0.1, 0.15) is 24.2 Å². The van der Waals surface area contributed by atoms with Crippen molar-refractivity contribution in [3.63, 3.8) is 0 Å². The van der Waals surface area contributed by atoms with E-state index in [9.17, 15) is 9.59 Å². The van der Waals surface area contributed by atoms with Crippen molar-refractivity contribution in [2.24, 2.45) is 0 Å². The molecule has 7 heteroatoms. The third-order valence-corrected chi connectivity index (χ3v) is 3.94. The van der Waals surface area contributed by atoms with Gasteiger partial charge in [-0.15, -0.1) is 11.8 Å². The second-order valence-corrected chi connectivity index (χ2v) is 6.20. The minimum absolute atomic E-state index is 0.100. The Labute approximate surface area is 147 Å². The van der Waals surface area contributed by atoms with Gasteiger partial charge in [-0.05, 0) is 26.0 Å². The van der Waals surface area contributed by atoms with Crippen LogP contribution in [-0.4, -0.2) is 57.2 Å². The van der Waals surface area contributed by atoms with Crippen LogP contribution in [0.4, 0.5) is 0 Å². The SMILES string of the molecule is COCCNC(=O)CSc1ccccc1C(=O)OCCOC(C)C. The Kier molecular flexibility index (Phi) is 10.1. The molecule has 0 saturated heterocycles. The highest BCUT2D eigenvalue weighted by atomic mass is 32.2. The first-order chi connectivity index (χ1) is 11.5. The molecular weight excluding hydrogens is 330 g/mol. The minimum atomic E-state index is -0.412. The smallest absolute Gasteiger partial charge is 0.339 e. The molecule has 0 saturated carbocycles. The number of hydrogen-bond acceptors (Lipinski definition) is 6. The van der Waals surface area contributed by atoms with E-state index in [4.69, 9.17) is 14.2 Å². The molecule has 0 unspecified atom stereocenters. The zero-order valence-corrected chi connectivity index (χ0v) is 15.2. The molecule has 1 aromatic carbocycles. The maximum absolute atomic E-state index is 12.2. The molecule has 1 rings (SSSR count). The molecule has 134 valence electrons. The van der Waals surface area contributed by atoms with Crippen molar-refractivity contribution in [1.82, 2.24) is 5.32 Å². The van der Waals surface area contributed by atoms with Gasteiger partial charge >= 0.3 is 5.97 Å². The number of amides is 1. The van der Waals surface area contributed by atoms with Gasteiger partial charge in [0.05, 0.1) is 30.6 Å². The van der Waals surface area contributed by atoms with Gasteiger partial charge in [0.15, 0.2) is 0 Å². The maximum atomic E-state index is 12.2. The minimum Gasteiger partial charge on any atom is -0.460 e. The van der Waals surface area contributed by atoms with Crippen molar-refractivity contribution in [2.45, 2.75) is 24.8 Å². The van der Waals surface area contributed by atoms with E-state index in [1.165, 1.54) is 11.8 Å². The number of rotatable bonds is 11. The first-order valence-corrected chi connectivity index (χ1v) is 8.79. The van der Waals surface area contributed by atoms with Crippen LogP contribution in [-0.2, 0) is 19.0 Å². The Morgan fingerprint density at radius 2 is 1.92 bits per heavy atom. The van der Waals surface area contributed by atoms with E-state index in [1.54, 1.807) is 25.3 Å². The predicted octanol–water partition coefficient (Wildman–Crippen LogP) is 2.12. The molecule has 0 aliphatic rings. The largest absolute Gasteiger partial charge is 0.460 e. The van der Waals surface area contributed by atoms with Crippen molar-refractivity contribution < 1.29 is 23.8 Å². The summed E-state index contributed by atoms with van der Waals surface area (Å²) < 4.78 is 15.4. The lowest BCUT2D eigenvalue weighted by atomic mass is 10.2. The van der Waals surface area contributed by atoms with E-state index in [-0.39, 0.29) is 24.4 Å². The molecule has 0 aliphatic heterocycles. The van der Waals surface area contributed by atoms with Gasteiger partial charge < -0.3 is 19.5 Å². The Morgan fingerprint density at radius 3 is 2.62 bits per heavy atom. The first kappa shape index (κ1) is 20.5. The molecule has 1 aromatic rings. The summed E-state index contributed by atoms with van der Waals surface area (Å²) in [4.78, 5) is 24.6. The standard InChI is InChI=1S/C17H25NO5S/c1-13(2)22-10-11-23-17(20)14-6-4-5-7-15(14)24-12-16(19)18-8-9-21-3/h4-7,13H,8-12H2,1-3H3,(H,18,19). The topological polar surface area (TPSA) is 73.9 Å². The molecule has 0 spiro atoms. The van der Waals surface area contributed by atoms with Crippen molar-refractivity contribution in [3.05, 3.63) is 29.8 Å². The third kappa shape index (κ3) is 8.33. The van der Waals surface area contributed by atoms with E-state index >= 15 is 0 Å². The number of carbonyl (C=O) groups excluding carboxylic acids is 2.